The van der Waals surface area contributed by atoms with E-state index < -0.39 is 0 Å². The molecule has 2 N–H and O–H groups in total. The van der Waals surface area contributed by atoms with E-state index in [4.69, 9.17) is 0 Å². The van der Waals surface area contributed by atoms with Gasteiger partial charge in [0.15, 0.2) is 0 Å². The summed E-state index contributed by atoms with van der Waals surface area (Å²) in [6.45, 7) is 3.22. The molecule has 126 valence electrons. The Hall–Kier alpha value is -1.10. The molecule has 22 heavy (non-hydrogen) atoms. The fourth-order valence-electron chi connectivity index (χ4n) is 3.64. The second-order valence-corrected chi connectivity index (χ2v) is 6.97. The molecular weight excluding hydrogens is 280 g/mol. The maximum absolute atomic E-state index is 12.2. The molecule has 2 fully saturated rings. The van der Waals surface area contributed by atoms with Gasteiger partial charge < -0.3 is 15.3 Å². The first kappa shape index (κ1) is 17.3. The second-order valence-electron chi connectivity index (χ2n) is 6.97. The summed E-state index contributed by atoms with van der Waals surface area (Å²) >= 11 is 0. The molecule has 2 unspecified atom stereocenters. The zero-order chi connectivity index (χ0) is 15.9. The van der Waals surface area contributed by atoms with E-state index in [0.717, 1.165) is 32.2 Å². The van der Waals surface area contributed by atoms with E-state index in [1.807, 2.05) is 0 Å². The van der Waals surface area contributed by atoms with Crippen LogP contribution in [0.15, 0.2) is 0 Å². The Labute approximate surface area is 133 Å². The first-order chi connectivity index (χ1) is 10.6. The van der Waals surface area contributed by atoms with Crippen molar-refractivity contribution < 1.29 is 14.7 Å². The van der Waals surface area contributed by atoms with Gasteiger partial charge in [-0.15, -0.1) is 0 Å². The number of aliphatic hydroxyl groups excluding tert-OH is 1. The number of rotatable bonds is 5. The summed E-state index contributed by atoms with van der Waals surface area (Å²) in [5.41, 5.74) is 0. The summed E-state index contributed by atoms with van der Waals surface area (Å²) in [7, 11) is 0. The number of hydrogen-bond acceptors (Lipinski definition) is 3. The molecule has 0 radical (unpaired) electrons. The van der Waals surface area contributed by atoms with E-state index in [9.17, 15) is 14.7 Å². The number of carbonyl (C=O) groups is 2. The van der Waals surface area contributed by atoms with Crippen LogP contribution >= 0.6 is 0 Å². The van der Waals surface area contributed by atoms with Crippen molar-refractivity contribution in [3.63, 3.8) is 0 Å². The molecule has 0 aromatic carbocycles. The van der Waals surface area contributed by atoms with Crippen LogP contribution in [0.3, 0.4) is 0 Å². The van der Waals surface area contributed by atoms with Crippen LogP contribution < -0.4 is 5.32 Å². The standard InChI is InChI=1S/C17H30N2O3/c1-13(20)15-8-5-9-19(12-15)17(22)11-18-16(21)10-14-6-3-2-4-7-14/h13-15,20H,2-12H2,1H3,(H,18,21). The Morgan fingerprint density at radius 3 is 2.59 bits per heavy atom. The van der Waals surface area contributed by atoms with Crippen LogP contribution in [0, 0.1) is 11.8 Å². The molecule has 5 heteroatoms. The third-order valence-corrected chi connectivity index (χ3v) is 5.13. The minimum Gasteiger partial charge on any atom is -0.393 e. The molecule has 1 aliphatic carbocycles. The van der Waals surface area contributed by atoms with Crippen LogP contribution in [0.25, 0.3) is 0 Å². The summed E-state index contributed by atoms with van der Waals surface area (Å²) in [4.78, 5) is 25.9. The summed E-state index contributed by atoms with van der Waals surface area (Å²) in [5.74, 6) is 0.640. The molecular formula is C17H30N2O3. The van der Waals surface area contributed by atoms with Crippen LogP contribution in [0.4, 0.5) is 0 Å². The van der Waals surface area contributed by atoms with Gasteiger partial charge in [-0.05, 0) is 38.5 Å². The highest BCUT2D eigenvalue weighted by molar-refractivity contribution is 5.84. The van der Waals surface area contributed by atoms with Gasteiger partial charge in [0.2, 0.25) is 11.8 Å². The fraction of sp³-hybridized carbons (Fsp3) is 0.882. The molecule has 1 heterocycles. The Morgan fingerprint density at radius 1 is 1.18 bits per heavy atom. The number of hydrogen-bond donors (Lipinski definition) is 2. The lowest BCUT2D eigenvalue weighted by Crippen LogP contribution is -2.47. The van der Waals surface area contributed by atoms with E-state index in [0.29, 0.717) is 18.9 Å². The number of nitrogens with one attached hydrogen (secondary N) is 1. The molecule has 2 atom stereocenters. The number of likely N-dealkylation sites (tertiary alicyclic amines) is 1. The van der Waals surface area contributed by atoms with Crippen LogP contribution in [0.5, 0.6) is 0 Å². The first-order valence-corrected chi connectivity index (χ1v) is 8.79. The third kappa shape index (κ3) is 5.27. The fourth-order valence-corrected chi connectivity index (χ4v) is 3.64. The predicted octanol–water partition coefficient (Wildman–Crippen LogP) is 1.69. The Kier molecular flexibility index (Phi) is 6.68. The Morgan fingerprint density at radius 2 is 1.91 bits per heavy atom. The molecule has 2 amide bonds. The highest BCUT2D eigenvalue weighted by Gasteiger charge is 2.26. The first-order valence-electron chi connectivity index (χ1n) is 8.79. The van der Waals surface area contributed by atoms with Crippen LogP contribution in [0.2, 0.25) is 0 Å². The lowest BCUT2D eigenvalue weighted by Gasteiger charge is -2.34. The minimum absolute atomic E-state index is 0.00401. The van der Waals surface area contributed by atoms with Gasteiger partial charge in [-0.1, -0.05) is 19.3 Å². The van der Waals surface area contributed by atoms with E-state index in [1.54, 1.807) is 11.8 Å². The van der Waals surface area contributed by atoms with Gasteiger partial charge in [0, 0.05) is 25.4 Å². The van der Waals surface area contributed by atoms with Crippen molar-refractivity contribution in [1.82, 2.24) is 10.2 Å². The topological polar surface area (TPSA) is 69.6 Å². The molecule has 1 aliphatic heterocycles. The molecule has 5 nitrogen and oxygen atoms in total. The van der Waals surface area contributed by atoms with E-state index in [-0.39, 0.29) is 30.4 Å². The van der Waals surface area contributed by atoms with Gasteiger partial charge in [0.25, 0.3) is 0 Å². The van der Waals surface area contributed by atoms with Gasteiger partial charge in [-0.25, -0.2) is 0 Å². The second kappa shape index (κ2) is 8.51. The summed E-state index contributed by atoms with van der Waals surface area (Å²) in [6.07, 6.45) is 8.10. The highest BCUT2D eigenvalue weighted by Crippen LogP contribution is 2.26. The molecule has 0 bridgehead atoms. The van der Waals surface area contributed by atoms with Gasteiger partial charge in [0.1, 0.15) is 0 Å². The third-order valence-electron chi connectivity index (χ3n) is 5.13. The quantitative estimate of drug-likeness (QED) is 0.812. The monoisotopic (exact) mass is 310 g/mol. The molecule has 0 spiro atoms. The van der Waals surface area contributed by atoms with Crippen LogP contribution in [-0.4, -0.2) is 47.6 Å². The highest BCUT2D eigenvalue weighted by atomic mass is 16.3. The van der Waals surface area contributed by atoms with E-state index in [1.165, 1.54) is 19.3 Å². The molecule has 2 aliphatic rings. The van der Waals surface area contributed by atoms with E-state index >= 15 is 0 Å². The summed E-state index contributed by atoms with van der Waals surface area (Å²) in [6, 6.07) is 0. The Balaban J connectivity index is 1.69. The van der Waals surface area contributed by atoms with Gasteiger partial charge in [-0.3, -0.25) is 9.59 Å². The summed E-state index contributed by atoms with van der Waals surface area (Å²) in [5, 5.41) is 12.4. The predicted molar refractivity (Wildman–Crippen MR) is 85.2 cm³/mol. The maximum atomic E-state index is 12.2. The summed E-state index contributed by atoms with van der Waals surface area (Å²) < 4.78 is 0. The molecule has 1 saturated carbocycles. The molecule has 2 rings (SSSR count). The number of carbonyl (C=O) groups excluding carboxylic acids is 2. The number of aliphatic hydroxyl groups is 1. The zero-order valence-corrected chi connectivity index (χ0v) is 13.7. The van der Waals surface area contributed by atoms with Crippen molar-refractivity contribution in [1.29, 1.82) is 0 Å². The lowest BCUT2D eigenvalue weighted by molar-refractivity contribution is -0.135. The zero-order valence-electron chi connectivity index (χ0n) is 13.7. The van der Waals surface area contributed by atoms with Crippen molar-refractivity contribution >= 4 is 11.8 Å². The van der Waals surface area contributed by atoms with Crippen LogP contribution in [-0.2, 0) is 9.59 Å². The Bertz CT molecular complexity index is 378. The van der Waals surface area contributed by atoms with Crippen molar-refractivity contribution in [3.05, 3.63) is 0 Å². The minimum atomic E-state index is -0.378. The van der Waals surface area contributed by atoms with Crippen molar-refractivity contribution in [2.45, 2.75) is 64.4 Å². The number of piperidine rings is 1. The smallest absolute Gasteiger partial charge is 0.241 e. The van der Waals surface area contributed by atoms with Gasteiger partial charge in [0.05, 0.1) is 12.6 Å². The maximum Gasteiger partial charge on any atom is 0.241 e. The van der Waals surface area contributed by atoms with Crippen LogP contribution in [0.1, 0.15) is 58.3 Å². The largest absolute Gasteiger partial charge is 0.393 e. The van der Waals surface area contributed by atoms with Gasteiger partial charge in [-0.2, -0.15) is 0 Å². The molecule has 0 aromatic heterocycles. The number of nitrogens with zero attached hydrogens (tertiary/aromatic N) is 1. The molecule has 1 saturated heterocycles. The average Bonchev–Trinajstić information content (AvgIpc) is 2.53. The van der Waals surface area contributed by atoms with Crippen molar-refractivity contribution in [2.24, 2.45) is 11.8 Å². The van der Waals surface area contributed by atoms with Gasteiger partial charge >= 0.3 is 0 Å². The lowest BCUT2D eigenvalue weighted by atomic mass is 9.87. The average molecular weight is 310 g/mol. The number of amides is 2. The normalized spacial score (nSPS) is 24.8. The van der Waals surface area contributed by atoms with Crippen molar-refractivity contribution in [3.8, 4) is 0 Å². The van der Waals surface area contributed by atoms with Crippen molar-refractivity contribution in [2.75, 3.05) is 19.6 Å². The van der Waals surface area contributed by atoms with E-state index in [2.05, 4.69) is 5.32 Å². The SMILES string of the molecule is CC(O)C1CCCN(C(=O)CNC(=O)CC2CCCCC2)C1. The molecule has 0 aromatic rings.